The van der Waals surface area contributed by atoms with Crippen LogP contribution in [0.25, 0.3) is 0 Å². The summed E-state index contributed by atoms with van der Waals surface area (Å²) < 4.78 is 11.3. The minimum atomic E-state index is -0.265. The van der Waals surface area contributed by atoms with Gasteiger partial charge in [-0.25, -0.2) is 0 Å². The zero-order chi connectivity index (χ0) is 14.8. The number of nitrogens with two attached hydrogens (primary N) is 1. The van der Waals surface area contributed by atoms with Crippen molar-refractivity contribution in [2.24, 2.45) is 5.73 Å². The first-order valence-electron chi connectivity index (χ1n) is 6.74. The predicted molar refractivity (Wildman–Crippen MR) is 84.5 cm³/mol. The molecule has 5 heteroatoms. The Kier molecular flexibility index (Phi) is 4.24. The Labute approximate surface area is 133 Å². The Morgan fingerprint density at radius 2 is 1.67 bits per heavy atom. The van der Waals surface area contributed by atoms with Gasteiger partial charge in [0, 0.05) is 21.7 Å². The summed E-state index contributed by atoms with van der Waals surface area (Å²) in [7, 11) is 0. The van der Waals surface area contributed by atoms with Crippen LogP contribution in [0.15, 0.2) is 36.4 Å². The van der Waals surface area contributed by atoms with Crippen molar-refractivity contribution in [3.63, 3.8) is 0 Å². The lowest BCUT2D eigenvalue weighted by Crippen LogP contribution is -2.20. The topological polar surface area (TPSA) is 44.5 Å². The average Bonchev–Trinajstić information content (AvgIpc) is 2.50. The molecular formula is C16H15Cl2NO2. The van der Waals surface area contributed by atoms with E-state index in [0.717, 1.165) is 22.6 Å². The van der Waals surface area contributed by atoms with Gasteiger partial charge in [0.15, 0.2) is 11.5 Å². The van der Waals surface area contributed by atoms with Crippen molar-refractivity contribution in [3.8, 4) is 11.5 Å². The van der Waals surface area contributed by atoms with E-state index in [-0.39, 0.29) is 6.04 Å². The second kappa shape index (κ2) is 6.14. The van der Waals surface area contributed by atoms with Crippen LogP contribution >= 0.6 is 23.2 Å². The van der Waals surface area contributed by atoms with Crippen LogP contribution in [0, 0.1) is 0 Å². The molecule has 0 saturated heterocycles. The Morgan fingerprint density at radius 1 is 1.00 bits per heavy atom. The molecule has 1 aliphatic heterocycles. The van der Waals surface area contributed by atoms with E-state index in [0.29, 0.717) is 29.7 Å². The number of hydrogen-bond donors (Lipinski definition) is 1. The molecule has 1 aliphatic rings. The lowest BCUT2D eigenvalue weighted by Gasteiger charge is -2.24. The van der Waals surface area contributed by atoms with Crippen LogP contribution in [0.3, 0.4) is 0 Å². The summed E-state index contributed by atoms with van der Waals surface area (Å²) in [6, 6.07) is 10.9. The smallest absolute Gasteiger partial charge is 0.166 e. The van der Waals surface area contributed by atoms with E-state index < -0.39 is 0 Å². The minimum absolute atomic E-state index is 0.265. The predicted octanol–water partition coefficient (Wildman–Crippen LogP) is 4.01. The molecule has 1 unspecified atom stereocenters. The van der Waals surface area contributed by atoms with Gasteiger partial charge in [-0.05, 0) is 30.2 Å². The molecule has 3 nitrogen and oxygen atoms in total. The second-order valence-electron chi connectivity index (χ2n) is 4.88. The molecule has 1 heterocycles. The van der Waals surface area contributed by atoms with Crippen molar-refractivity contribution in [2.75, 3.05) is 13.2 Å². The van der Waals surface area contributed by atoms with Crippen molar-refractivity contribution in [2.45, 2.75) is 12.5 Å². The van der Waals surface area contributed by atoms with Crippen LogP contribution < -0.4 is 15.2 Å². The second-order valence-corrected chi connectivity index (χ2v) is 5.70. The Bertz CT molecular complexity index is 640. The first-order valence-corrected chi connectivity index (χ1v) is 7.49. The average molecular weight is 324 g/mol. The Morgan fingerprint density at radius 3 is 2.43 bits per heavy atom. The third-order valence-corrected chi connectivity index (χ3v) is 4.19. The zero-order valence-corrected chi connectivity index (χ0v) is 12.8. The maximum Gasteiger partial charge on any atom is 0.166 e. The first-order chi connectivity index (χ1) is 10.2. The summed E-state index contributed by atoms with van der Waals surface area (Å²) in [5.74, 6) is 1.46. The Balaban J connectivity index is 1.91. The van der Waals surface area contributed by atoms with E-state index in [1.54, 1.807) is 0 Å². The molecule has 0 saturated carbocycles. The summed E-state index contributed by atoms with van der Waals surface area (Å²) in [5.41, 5.74) is 8.09. The fraction of sp³-hybridized carbons (Fsp3) is 0.250. The number of fused-ring (bicyclic) bond motifs is 1. The minimum Gasteiger partial charge on any atom is -0.486 e. The van der Waals surface area contributed by atoms with E-state index in [1.807, 2.05) is 36.4 Å². The fourth-order valence-electron chi connectivity index (χ4n) is 2.45. The molecule has 110 valence electrons. The molecule has 2 aromatic rings. The van der Waals surface area contributed by atoms with Crippen molar-refractivity contribution < 1.29 is 9.47 Å². The molecule has 0 radical (unpaired) electrons. The Hall–Kier alpha value is -1.42. The maximum absolute atomic E-state index is 6.34. The van der Waals surface area contributed by atoms with Crippen molar-refractivity contribution in [1.82, 2.24) is 0 Å². The monoisotopic (exact) mass is 323 g/mol. The highest BCUT2D eigenvalue weighted by Gasteiger charge is 2.21. The first kappa shape index (κ1) is 14.5. The summed E-state index contributed by atoms with van der Waals surface area (Å²) in [4.78, 5) is 0. The van der Waals surface area contributed by atoms with Gasteiger partial charge in [0.25, 0.3) is 0 Å². The number of benzene rings is 2. The van der Waals surface area contributed by atoms with E-state index in [2.05, 4.69) is 0 Å². The molecule has 0 fully saturated rings. The zero-order valence-electron chi connectivity index (χ0n) is 11.3. The van der Waals surface area contributed by atoms with Gasteiger partial charge in [-0.1, -0.05) is 41.4 Å². The van der Waals surface area contributed by atoms with Gasteiger partial charge in [0.1, 0.15) is 13.2 Å². The highest BCUT2D eigenvalue weighted by Crippen LogP contribution is 2.38. The molecular weight excluding hydrogens is 309 g/mol. The highest BCUT2D eigenvalue weighted by atomic mass is 35.5. The number of rotatable bonds is 3. The summed E-state index contributed by atoms with van der Waals surface area (Å²) in [5, 5.41) is 1.25. The van der Waals surface area contributed by atoms with Gasteiger partial charge in [0.05, 0.1) is 0 Å². The van der Waals surface area contributed by atoms with Gasteiger partial charge in [-0.3, -0.25) is 0 Å². The number of ether oxygens (including phenoxy) is 2. The van der Waals surface area contributed by atoms with Crippen molar-refractivity contribution >= 4 is 23.2 Å². The molecule has 0 aromatic heterocycles. The lowest BCUT2D eigenvalue weighted by molar-refractivity contribution is 0.169. The molecule has 3 rings (SSSR count). The third kappa shape index (κ3) is 2.95. The molecule has 0 aliphatic carbocycles. The van der Waals surface area contributed by atoms with Gasteiger partial charge in [0.2, 0.25) is 0 Å². The normalized spacial score (nSPS) is 14.8. The van der Waals surface area contributed by atoms with E-state index >= 15 is 0 Å². The quantitative estimate of drug-likeness (QED) is 0.928. The summed E-state index contributed by atoms with van der Waals surface area (Å²) in [6.45, 7) is 1.09. The van der Waals surface area contributed by atoms with Crippen molar-refractivity contribution in [3.05, 3.63) is 57.6 Å². The van der Waals surface area contributed by atoms with E-state index in [4.69, 9.17) is 38.4 Å². The third-order valence-electron chi connectivity index (χ3n) is 3.48. The maximum atomic E-state index is 6.34. The summed E-state index contributed by atoms with van der Waals surface area (Å²) >= 11 is 12.4. The molecule has 0 amide bonds. The van der Waals surface area contributed by atoms with E-state index in [1.165, 1.54) is 0 Å². The van der Waals surface area contributed by atoms with Gasteiger partial charge in [-0.2, -0.15) is 0 Å². The SMILES string of the molecule is NC(Cc1c(Cl)cccc1Cl)c1cccc2c1OCCO2. The largest absolute Gasteiger partial charge is 0.486 e. The van der Waals surface area contributed by atoms with E-state index in [9.17, 15) is 0 Å². The van der Waals surface area contributed by atoms with Crippen LogP contribution in [0.5, 0.6) is 11.5 Å². The van der Waals surface area contributed by atoms with Crippen LogP contribution in [0.4, 0.5) is 0 Å². The number of hydrogen-bond acceptors (Lipinski definition) is 3. The lowest BCUT2D eigenvalue weighted by atomic mass is 9.98. The number of halogens is 2. The van der Waals surface area contributed by atoms with Crippen LogP contribution in [0.2, 0.25) is 10.0 Å². The molecule has 21 heavy (non-hydrogen) atoms. The highest BCUT2D eigenvalue weighted by molar-refractivity contribution is 6.36. The van der Waals surface area contributed by atoms with Crippen LogP contribution in [-0.2, 0) is 6.42 Å². The van der Waals surface area contributed by atoms with Crippen LogP contribution in [0.1, 0.15) is 17.2 Å². The molecule has 1 atom stereocenters. The van der Waals surface area contributed by atoms with Gasteiger partial charge in [-0.15, -0.1) is 0 Å². The summed E-state index contributed by atoms with van der Waals surface area (Å²) in [6.07, 6.45) is 0.540. The molecule has 0 spiro atoms. The van der Waals surface area contributed by atoms with Gasteiger partial charge < -0.3 is 15.2 Å². The molecule has 2 N–H and O–H groups in total. The number of para-hydroxylation sites is 1. The van der Waals surface area contributed by atoms with Crippen molar-refractivity contribution in [1.29, 1.82) is 0 Å². The standard InChI is InChI=1S/C16H15Cl2NO2/c17-12-4-2-5-13(18)11(12)9-14(19)10-3-1-6-15-16(10)21-8-7-20-15/h1-6,14H,7-9,19H2. The fourth-order valence-corrected chi connectivity index (χ4v) is 3.00. The van der Waals surface area contributed by atoms with Gasteiger partial charge >= 0.3 is 0 Å². The molecule has 2 aromatic carbocycles. The van der Waals surface area contributed by atoms with Crippen LogP contribution in [-0.4, -0.2) is 13.2 Å². The molecule has 0 bridgehead atoms.